The first-order valence-electron chi connectivity index (χ1n) is 5.23. The van der Waals surface area contributed by atoms with Crippen molar-refractivity contribution in [2.24, 2.45) is 5.73 Å². The van der Waals surface area contributed by atoms with Gasteiger partial charge in [0.25, 0.3) is 0 Å². The van der Waals surface area contributed by atoms with Gasteiger partial charge < -0.3 is 11.5 Å². The molecule has 1 heterocycles. The molecule has 0 saturated carbocycles. The van der Waals surface area contributed by atoms with Crippen LogP contribution in [0.25, 0.3) is 11.1 Å². The lowest BCUT2D eigenvalue weighted by Gasteiger charge is -2.08. The van der Waals surface area contributed by atoms with Gasteiger partial charge in [-0.3, -0.25) is 4.98 Å². The van der Waals surface area contributed by atoms with Gasteiger partial charge in [-0.05, 0) is 30.7 Å². The number of pyridine rings is 1. The summed E-state index contributed by atoms with van der Waals surface area (Å²) >= 11 is 0. The fraction of sp³-hybridized carbons (Fsp3) is 0.154. The van der Waals surface area contributed by atoms with Crippen molar-refractivity contribution in [3.8, 4) is 11.1 Å². The Hall–Kier alpha value is -1.87. The van der Waals surface area contributed by atoms with Crippen molar-refractivity contribution in [1.82, 2.24) is 4.98 Å². The molecule has 3 heteroatoms. The van der Waals surface area contributed by atoms with Crippen molar-refractivity contribution < 1.29 is 0 Å². The smallest absolute Gasteiger partial charge is 0.0620 e. The minimum Gasteiger partial charge on any atom is -0.399 e. The molecule has 0 atom stereocenters. The van der Waals surface area contributed by atoms with Gasteiger partial charge in [0.1, 0.15) is 0 Å². The Morgan fingerprint density at radius 3 is 2.69 bits per heavy atom. The van der Waals surface area contributed by atoms with E-state index in [2.05, 4.69) is 4.98 Å². The average Bonchev–Trinajstić information content (AvgIpc) is 2.28. The van der Waals surface area contributed by atoms with Crippen LogP contribution >= 0.6 is 0 Å². The summed E-state index contributed by atoms with van der Waals surface area (Å²) in [6, 6.07) is 11.8. The van der Waals surface area contributed by atoms with Crippen LogP contribution in [-0.2, 0) is 6.54 Å². The van der Waals surface area contributed by atoms with Gasteiger partial charge in [-0.1, -0.05) is 18.2 Å². The second-order valence-electron chi connectivity index (χ2n) is 3.78. The maximum atomic E-state index is 5.77. The first kappa shape index (κ1) is 10.6. The second-order valence-corrected chi connectivity index (χ2v) is 3.78. The Bertz CT molecular complexity index is 506. The number of aryl methyl sites for hydroxylation is 1. The summed E-state index contributed by atoms with van der Waals surface area (Å²) in [5, 5.41) is 0. The average molecular weight is 213 g/mol. The molecule has 2 aromatic rings. The van der Waals surface area contributed by atoms with Crippen LogP contribution in [0.3, 0.4) is 0 Å². The predicted molar refractivity (Wildman–Crippen MR) is 66.7 cm³/mol. The Labute approximate surface area is 95.1 Å². The van der Waals surface area contributed by atoms with Crippen molar-refractivity contribution >= 4 is 5.69 Å². The number of nitrogen functional groups attached to an aromatic ring is 1. The zero-order valence-electron chi connectivity index (χ0n) is 9.27. The van der Waals surface area contributed by atoms with Gasteiger partial charge in [0.05, 0.1) is 5.69 Å². The maximum Gasteiger partial charge on any atom is 0.0620 e. The Balaban J connectivity index is 2.55. The topological polar surface area (TPSA) is 64.9 Å². The molecule has 0 aliphatic rings. The summed E-state index contributed by atoms with van der Waals surface area (Å²) in [5.74, 6) is 0. The lowest BCUT2D eigenvalue weighted by Crippen LogP contribution is -2.03. The highest BCUT2D eigenvalue weighted by Gasteiger charge is 2.05. The van der Waals surface area contributed by atoms with E-state index in [9.17, 15) is 0 Å². The highest BCUT2D eigenvalue weighted by molar-refractivity contribution is 5.69. The lowest BCUT2D eigenvalue weighted by atomic mass is 10.0. The predicted octanol–water partition coefficient (Wildman–Crippen LogP) is 2.10. The van der Waals surface area contributed by atoms with Crippen molar-refractivity contribution in [2.45, 2.75) is 13.5 Å². The van der Waals surface area contributed by atoms with Crippen LogP contribution in [0.4, 0.5) is 5.69 Å². The number of nitrogens with zero attached hydrogens (tertiary/aromatic N) is 1. The molecular formula is C13H15N3. The van der Waals surface area contributed by atoms with Crippen LogP contribution in [0.15, 0.2) is 36.4 Å². The first-order valence-corrected chi connectivity index (χ1v) is 5.23. The molecule has 0 saturated heterocycles. The van der Waals surface area contributed by atoms with E-state index in [-0.39, 0.29) is 0 Å². The largest absolute Gasteiger partial charge is 0.399 e. The molecule has 2 rings (SSSR count). The van der Waals surface area contributed by atoms with Crippen molar-refractivity contribution in [3.63, 3.8) is 0 Å². The van der Waals surface area contributed by atoms with Crippen LogP contribution in [0.5, 0.6) is 0 Å². The third kappa shape index (κ3) is 2.04. The van der Waals surface area contributed by atoms with Crippen LogP contribution < -0.4 is 11.5 Å². The van der Waals surface area contributed by atoms with E-state index in [0.29, 0.717) is 6.54 Å². The van der Waals surface area contributed by atoms with E-state index in [4.69, 9.17) is 11.5 Å². The van der Waals surface area contributed by atoms with Gasteiger partial charge in [-0.2, -0.15) is 0 Å². The Kier molecular flexibility index (Phi) is 2.88. The molecule has 0 bridgehead atoms. The van der Waals surface area contributed by atoms with Gasteiger partial charge in [0, 0.05) is 23.5 Å². The number of anilines is 1. The van der Waals surface area contributed by atoms with Crippen LogP contribution in [0, 0.1) is 6.92 Å². The first-order chi connectivity index (χ1) is 7.70. The van der Waals surface area contributed by atoms with E-state index in [1.165, 1.54) is 0 Å². The van der Waals surface area contributed by atoms with Crippen molar-refractivity contribution in [1.29, 1.82) is 0 Å². The highest BCUT2D eigenvalue weighted by atomic mass is 14.7. The number of nitrogens with two attached hydrogens (primary N) is 2. The molecular weight excluding hydrogens is 198 g/mol. The minimum absolute atomic E-state index is 0.436. The second kappa shape index (κ2) is 4.33. The fourth-order valence-electron chi connectivity index (χ4n) is 1.74. The third-order valence-corrected chi connectivity index (χ3v) is 2.50. The molecule has 3 nitrogen and oxygen atoms in total. The molecule has 0 aliphatic carbocycles. The SMILES string of the molecule is Cc1ccc(-c2cccc(N)c2)c(CN)n1. The molecule has 0 spiro atoms. The molecule has 0 fully saturated rings. The zero-order chi connectivity index (χ0) is 11.5. The summed E-state index contributed by atoms with van der Waals surface area (Å²) in [6.45, 7) is 2.40. The van der Waals surface area contributed by atoms with Gasteiger partial charge in [0.2, 0.25) is 0 Å². The quantitative estimate of drug-likeness (QED) is 0.751. The molecule has 0 aliphatic heterocycles. The molecule has 4 N–H and O–H groups in total. The highest BCUT2D eigenvalue weighted by Crippen LogP contribution is 2.24. The summed E-state index contributed by atoms with van der Waals surface area (Å²) in [7, 11) is 0. The summed E-state index contributed by atoms with van der Waals surface area (Å²) in [6.07, 6.45) is 0. The van der Waals surface area contributed by atoms with Gasteiger partial charge in [-0.15, -0.1) is 0 Å². The van der Waals surface area contributed by atoms with Crippen molar-refractivity contribution in [3.05, 3.63) is 47.8 Å². The lowest BCUT2D eigenvalue weighted by molar-refractivity contribution is 0.973. The van der Waals surface area contributed by atoms with Gasteiger partial charge >= 0.3 is 0 Å². The molecule has 82 valence electrons. The molecule has 0 unspecified atom stereocenters. The van der Waals surface area contributed by atoms with Gasteiger partial charge in [-0.25, -0.2) is 0 Å². The Morgan fingerprint density at radius 1 is 1.19 bits per heavy atom. The maximum absolute atomic E-state index is 5.77. The molecule has 1 aromatic carbocycles. The summed E-state index contributed by atoms with van der Waals surface area (Å²) < 4.78 is 0. The van der Waals surface area contributed by atoms with Crippen LogP contribution in [0.1, 0.15) is 11.4 Å². The number of rotatable bonds is 2. The van der Waals surface area contributed by atoms with E-state index in [1.807, 2.05) is 43.3 Å². The molecule has 0 amide bonds. The van der Waals surface area contributed by atoms with Crippen LogP contribution in [0.2, 0.25) is 0 Å². The number of hydrogen-bond donors (Lipinski definition) is 2. The van der Waals surface area contributed by atoms with Crippen LogP contribution in [-0.4, -0.2) is 4.98 Å². The standard InChI is InChI=1S/C13H15N3/c1-9-5-6-12(13(8-14)16-9)10-3-2-4-11(15)7-10/h2-7H,8,14-15H2,1H3. The van der Waals surface area contributed by atoms with E-state index in [0.717, 1.165) is 28.2 Å². The third-order valence-electron chi connectivity index (χ3n) is 2.50. The van der Waals surface area contributed by atoms with E-state index < -0.39 is 0 Å². The van der Waals surface area contributed by atoms with Gasteiger partial charge in [0.15, 0.2) is 0 Å². The van der Waals surface area contributed by atoms with E-state index in [1.54, 1.807) is 0 Å². The normalized spacial score (nSPS) is 10.4. The zero-order valence-corrected chi connectivity index (χ0v) is 9.27. The Morgan fingerprint density at radius 2 is 2.00 bits per heavy atom. The molecule has 16 heavy (non-hydrogen) atoms. The molecule has 0 radical (unpaired) electrons. The number of hydrogen-bond acceptors (Lipinski definition) is 3. The monoisotopic (exact) mass is 213 g/mol. The van der Waals surface area contributed by atoms with E-state index >= 15 is 0 Å². The van der Waals surface area contributed by atoms with Crippen molar-refractivity contribution in [2.75, 3.05) is 5.73 Å². The number of benzene rings is 1. The molecule has 1 aromatic heterocycles. The minimum atomic E-state index is 0.436. The fourth-order valence-corrected chi connectivity index (χ4v) is 1.74. The summed E-state index contributed by atoms with van der Waals surface area (Å²) in [5.41, 5.74) is 16.2. The summed E-state index contributed by atoms with van der Waals surface area (Å²) in [4.78, 5) is 4.43. The number of aromatic nitrogens is 1.